The number of ether oxygens (including phenoxy) is 1. The summed E-state index contributed by atoms with van der Waals surface area (Å²) >= 11 is 0. The average Bonchev–Trinajstić information content (AvgIpc) is 2.92. The van der Waals surface area contributed by atoms with Crippen LogP contribution in [0, 0.1) is 13.8 Å². The number of aryl methyl sites for hydroxylation is 3. The van der Waals surface area contributed by atoms with E-state index >= 15 is 0 Å². The Morgan fingerprint density at radius 3 is 2.56 bits per heavy atom. The van der Waals surface area contributed by atoms with E-state index in [9.17, 15) is 4.79 Å². The van der Waals surface area contributed by atoms with Gasteiger partial charge in [-0.25, -0.2) is 4.79 Å². The Morgan fingerprint density at radius 2 is 2.00 bits per heavy atom. The first kappa shape index (κ1) is 18.8. The van der Waals surface area contributed by atoms with Gasteiger partial charge in [-0.15, -0.1) is 0 Å². The molecule has 1 N–H and O–H groups in total. The molecule has 0 saturated carbocycles. The molecule has 2 rings (SSSR count). The molecule has 0 aliphatic rings. The molecule has 0 saturated heterocycles. The predicted octanol–water partition coefficient (Wildman–Crippen LogP) is 3.46. The lowest BCUT2D eigenvalue weighted by molar-refractivity contribution is 0.202. The first-order valence-electron chi connectivity index (χ1n) is 8.47. The summed E-state index contributed by atoms with van der Waals surface area (Å²) in [6.45, 7) is 6.25. The van der Waals surface area contributed by atoms with Crippen molar-refractivity contribution in [3.05, 3.63) is 46.8 Å². The fraction of sp³-hybridized carbons (Fsp3) is 0.474. The predicted molar refractivity (Wildman–Crippen MR) is 96.8 cm³/mol. The number of nitrogens with zero attached hydrogens (tertiary/aromatic N) is 2. The van der Waals surface area contributed by atoms with Gasteiger partial charge in [0.25, 0.3) is 0 Å². The van der Waals surface area contributed by atoms with Crippen LogP contribution in [0.5, 0.6) is 5.75 Å². The number of methoxy groups -OCH3 is 1. The second-order valence-electron chi connectivity index (χ2n) is 6.40. The van der Waals surface area contributed by atoms with Crippen LogP contribution >= 0.6 is 0 Å². The van der Waals surface area contributed by atoms with Gasteiger partial charge in [0, 0.05) is 18.7 Å². The Hall–Kier alpha value is -2.50. The van der Waals surface area contributed by atoms with Crippen molar-refractivity contribution in [2.75, 3.05) is 14.2 Å². The Kier molecular flexibility index (Phi) is 6.44. The molecular weight excluding hydrogens is 318 g/mol. The second-order valence-corrected chi connectivity index (χ2v) is 6.40. The molecule has 0 aliphatic carbocycles. The van der Waals surface area contributed by atoms with Crippen molar-refractivity contribution in [3.8, 4) is 5.75 Å². The molecule has 0 bridgehead atoms. The van der Waals surface area contributed by atoms with Gasteiger partial charge in [-0.1, -0.05) is 17.3 Å². The molecule has 0 unspecified atom stereocenters. The highest BCUT2D eigenvalue weighted by atomic mass is 16.5. The summed E-state index contributed by atoms with van der Waals surface area (Å²) in [6, 6.07) is 8.00. The van der Waals surface area contributed by atoms with Crippen LogP contribution in [0.2, 0.25) is 0 Å². The highest BCUT2D eigenvalue weighted by molar-refractivity contribution is 5.74. The minimum absolute atomic E-state index is 0.0849. The lowest BCUT2D eigenvalue weighted by Gasteiger charge is -2.21. The first-order chi connectivity index (χ1) is 11.9. The molecule has 0 spiro atoms. The van der Waals surface area contributed by atoms with Crippen molar-refractivity contribution in [1.29, 1.82) is 0 Å². The molecule has 6 heteroatoms. The topological polar surface area (TPSA) is 67.6 Å². The van der Waals surface area contributed by atoms with Gasteiger partial charge in [-0.05, 0) is 51.3 Å². The van der Waals surface area contributed by atoms with Crippen molar-refractivity contribution in [2.45, 2.75) is 46.2 Å². The molecule has 0 radical (unpaired) electrons. The van der Waals surface area contributed by atoms with Gasteiger partial charge in [-0.2, -0.15) is 0 Å². The molecule has 0 fully saturated rings. The Bertz CT molecular complexity index is 675. The molecule has 2 amide bonds. The highest BCUT2D eigenvalue weighted by Crippen LogP contribution is 2.15. The van der Waals surface area contributed by atoms with Crippen LogP contribution < -0.4 is 10.1 Å². The smallest absolute Gasteiger partial charge is 0.317 e. The summed E-state index contributed by atoms with van der Waals surface area (Å²) in [4.78, 5) is 14.0. The molecule has 1 aromatic heterocycles. The Morgan fingerprint density at radius 1 is 1.32 bits per heavy atom. The number of carbonyl (C=O) groups is 1. The fourth-order valence-electron chi connectivity index (χ4n) is 2.61. The standard InChI is InChI=1S/C19H27N3O3/c1-13(6-7-16-8-10-17(24-5)11-9-16)20-19(23)22(4)12-18-14(2)21-25-15(18)3/h8-11,13H,6-7,12H2,1-5H3,(H,20,23)/t13-/m0/s1. The fourth-order valence-corrected chi connectivity index (χ4v) is 2.61. The summed E-state index contributed by atoms with van der Waals surface area (Å²) in [5.41, 5.74) is 3.01. The van der Waals surface area contributed by atoms with Crippen molar-refractivity contribution < 1.29 is 14.1 Å². The van der Waals surface area contributed by atoms with Crippen molar-refractivity contribution in [3.63, 3.8) is 0 Å². The normalized spacial score (nSPS) is 11.9. The van der Waals surface area contributed by atoms with Gasteiger partial charge in [0.1, 0.15) is 11.5 Å². The van der Waals surface area contributed by atoms with Crippen LogP contribution in [-0.2, 0) is 13.0 Å². The van der Waals surface area contributed by atoms with E-state index in [1.807, 2.05) is 32.9 Å². The summed E-state index contributed by atoms with van der Waals surface area (Å²) < 4.78 is 10.3. The number of urea groups is 1. The molecule has 25 heavy (non-hydrogen) atoms. The highest BCUT2D eigenvalue weighted by Gasteiger charge is 2.16. The van der Waals surface area contributed by atoms with Gasteiger partial charge in [-0.3, -0.25) is 0 Å². The zero-order chi connectivity index (χ0) is 18.4. The van der Waals surface area contributed by atoms with Gasteiger partial charge >= 0.3 is 6.03 Å². The molecule has 1 heterocycles. The molecule has 1 atom stereocenters. The third kappa shape index (κ3) is 5.24. The van der Waals surface area contributed by atoms with Crippen LogP contribution in [0.1, 0.15) is 35.9 Å². The van der Waals surface area contributed by atoms with Crippen molar-refractivity contribution >= 4 is 6.03 Å². The third-order valence-electron chi connectivity index (χ3n) is 4.32. The van der Waals surface area contributed by atoms with E-state index in [0.29, 0.717) is 6.54 Å². The van der Waals surface area contributed by atoms with Crippen LogP contribution in [0.3, 0.4) is 0 Å². The number of carbonyl (C=O) groups excluding carboxylic acids is 1. The lowest BCUT2D eigenvalue weighted by Crippen LogP contribution is -2.41. The molecule has 0 aliphatic heterocycles. The first-order valence-corrected chi connectivity index (χ1v) is 8.47. The minimum Gasteiger partial charge on any atom is -0.497 e. The maximum Gasteiger partial charge on any atom is 0.317 e. The van der Waals surface area contributed by atoms with Crippen molar-refractivity contribution in [1.82, 2.24) is 15.4 Å². The Balaban J connectivity index is 1.80. The van der Waals surface area contributed by atoms with Gasteiger partial charge in [0.2, 0.25) is 0 Å². The molecular formula is C19H27N3O3. The largest absolute Gasteiger partial charge is 0.497 e. The van der Waals surface area contributed by atoms with Crippen LogP contribution in [0.4, 0.5) is 4.79 Å². The van der Waals surface area contributed by atoms with Crippen LogP contribution in [0.15, 0.2) is 28.8 Å². The summed E-state index contributed by atoms with van der Waals surface area (Å²) in [6.07, 6.45) is 1.77. The molecule has 2 aromatic rings. The number of benzene rings is 1. The van der Waals surface area contributed by atoms with E-state index in [0.717, 1.165) is 35.6 Å². The molecule has 1 aromatic carbocycles. The van der Waals surface area contributed by atoms with Crippen molar-refractivity contribution in [2.24, 2.45) is 0 Å². The zero-order valence-corrected chi connectivity index (χ0v) is 15.6. The minimum atomic E-state index is -0.0952. The quantitative estimate of drug-likeness (QED) is 0.834. The third-order valence-corrected chi connectivity index (χ3v) is 4.32. The van der Waals surface area contributed by atoms with E-state index in [2.05, 4.69) is 22.6 Å². The van der Waals surface area contributed by atoms with Gasteiger partial charge in [0.05, 0.1) is 19.3 Å². The van der Waals surface area contributed by atoms with E-state index in [-0.39, 0.29) is 12.1 Å². The number of hydrogen-bond donors (Lipinski definition) is 1. The van der Waals surface area contributed by atoms with E-state index in [1.54, 1.807) is 19.1 Å². The summed E-state index contributed by atoms with van der Waals surface area (Å²) in [5, 5.41) is 6.96. The van der Waals surface area contributed by atoms with E-state index in [1.165, 1.54) is 5.56 Å². The van der Waals surface area contributed by atoms with E-state index in [4.69, 9.17) is 9.26 Å². The lowest BCUT2D eigenvalue weighted by atomic mass is 10.1. The zero-order valence-electron chi connectivity index (χ0n) is 15.6. The van der Waals surface area contributed by atoms with Gasteiger partial charge < -0.3 is 19.5 Å². The number of aromatic nitrogens is 1. The van der Waals surface area contributed by atoms with Crippen LogP contribution in [0.25, 0.3) is 0 Å². The maximum absolute atomic E-state index is 12.3. The molecule has 136 valence electrons. The van der Waals surface area contributed by atoms with E-state index < -0.39 is 0 Å². The van der Waals surface area contributed by atoms with Gasteiger partial charge in [0.15, 0.2) is 0 Å². The maximum atomic E-state index is 12.3. The summed E-state index contributed by atoms with van der Waals surface area (Å²) in [5.74, 6) is 1.61. The monoisotopic (exact) mass is 345 g/mol. The number of hydrogen-bond acceptors (Lipinski definition) is 4. The molecule has 6 nitrogen and oxygen atoms in total. The number of nitrogens with one attached hydrogen (secondary N) is 1. The average molecular weight is 345 g/mol. The van der Waals surface area contributed by atoms with Crippen LogP contribution in [-0.4, -0.2) is 36.3 Å². The number of amides is 2. The number of rotatable bonds is 7. The Labute approximate surface area is 149 Å². The second kappa shape index (κ2) is 8.55. The SMILES string of the molecule is COc1ccc(CC[C@H](C)NC(=O)N(C)Cc2c(C)noc2C)cc1. The summed E-state index contributed by atoms with van der Waals surface area (Å²) in [7, 11) is 3.43.